The molecule has 13 nitrogen and oxygen atoms in total. The van der Waals surface area contributed by atoms with Crippen molar-refractivity contribution in [1.82, 2.24) is 30.2 Å². The molecule has 2 aromatic heterocycles. The number of carbonyl (C=O) groups excluding carboxylic acids is 2. The van der Waals surface area contributed by atoms with Crippen molar-refractivity contribution in [1.29, 1.82) is 0 Å². The van der Waals surface area contributed by atoms with Crippen molar-refractivity contribution in [3.8, 4) is 22.5 Å². The lowest BCUT2D eigenvalue weighted by molar-refractivity contribution is -0.757. The largest absolute Gasteiger partial charge is 0.465 e. The predicted molar refractivity (Wildman–Crippen MR) is 175 cm³/mol. The van der Waals surface area contributed by atoms with Crippen molar-refractivity contribution in [3.63, 3.8) is 0 Å². The molecular formula is C33H40ClN7O6. The number of hydrogen-bond donors (Lipinski definition) is 1. The molecule has 4 aromatic rings. The number of nitrogens with zero attached hydrogens (tertiary/aromatic N) is 6. The van der Waals surface area contributed by atoms with Crippen molar-refractivity contribution in [3.05, 3.63) is 80.9 Å². The van der Waals surface area contributed by atoms with E-state index < -0.39 is 11.1 Å². The molecule has 0 saturated heterocycles. The van der Waals surface area contributed by atoms with E-state index >= 15 is 0 Å². The van der Waals surface area contributed by atoms with E-state index in [2.05, 4.69) is 37.4 Å². The molecule has 0 aliphatic heterocycles. The molecule has 2 heterocycles. The molecule has 1 atom stereocenters. The van der Waals surface area contributed by atoms with Gasteiger partial charge in [0.05, 0.1) is 13.2 Å². The fraction of sp³-hybridized carbons (Fsp3) is 0.455. The Bertz CT molecular complexity index is 1620. The first kappa shape index (κ1) is 35.2. The minimum atomic E-state index is -0.895. The van der Waals surface area contributed by atoms with Gasteiger partial charge in [-0.15, -0.1) is 20.3 Å². The van der Waals surface area contributed by atoms with Gasteiger partial charge in [-0.25, -0.2) is 4.98 Å². The second kappa shape index (κ2) is 17.3. The highest BCUT2D eigenvalue weighted by Gasteiger charge is 2.26. The Kier molecular flexibility index (Phi) is 13.0. The van der Waals surface area contributed by atoms with Crippen molar-refractivity contribution < 1.29 is 24.3 Å². The van der Waals surface area contributed by atoms with Crippen LogP contribution >= 0.6 is 11.6 Å². The van der Waals surface area contributed by atoms with Crippen LogP contribution in [0.15, 0.2) is 48.5 Å². The first-order valence-electron chi connectivity index (χ1n) is 15.8. The molecule has 0 radical (unpaired) electrons. The van der Waals surface area contributed by atoms with Crippen LogP contribution in [0.1, 0.15) is 81.2 Å². The summed E-state index contributed by atoms with van der Waals surface area (Å²) in [5.41, 5.74) is 4.13. The van der Waals surface area contributed by atoms with E-state index in [4.69, 9.17) is 16.3 Å². The minimum absolute atomic E-state index is 0.0168. The van der Waals surface area contributed by atoms with E-state index in [1.165, 1.54) is 0 Å². The van der Waals surface area contributed by atoms with Crippen LogP contribution in [-0.2, 0) is 27.3 Å². The highest BCUT2D eigenvalue weighted by Crippen LogP contribution is 2.31. The maximum absolute atomic E-state index is 13.9. The summed E-state index contributed by atoms with van der Waals surface area (Å²) in [5, 5.41) is 24.0. The maximum Gasteiger partial charge on any atom is 0.305 e. The van der Waals surface area contributed by atoms with Crippen LogP contribution in [0.5, 0.6) is 0 Å². The highest BCUT2D eigenvalue weighted by atomic mass is 35.5. The van der Waals surface area contributed by atoms with E-state index in [1.54, 1.807) is 0 Å². The normalized spacial score (nSPS) is 11.9. The number of tetrazole rings is 1. The topological polar surface area (TPSA) is 168 Å². The molecule has 1 N–H and O–H groups in total. The lowest BCUT2D eigenvalue weighted by Crippen LogP contribution is -2.21. The third-order valence-electron chi connectivity index (χ3n) is 7.62. The SMILES string of the molecule is CCCCc1nc(Cl)c(C(=O)CC(COC(=O)CCCO[N+](=O)[O-])CC(C)C)n1Cc1ccc(-c2ccccc2-c2nn[nH]n2)cc1. The number of carbonyl (C=O) groups is 2. The summed E-state index contributed by atoms with van der Waals surface area (Å²) < 4.78 is 7.37. The third-order valence-corrected chi connectivity index (χ3v) is 7.89. The number of nitrogens with one attached hydrogen (secondary N) is 1. The summed E-state index contributed by atoms with van der Waals surface area (Å²) in [6, 6.07) is 15.9. The number of aromatic nitrogens is 6. The summed E-state index contributed by atoms with van der Waals surface area (Å²) in [6.07, 6.45) is 3.46. The fourth-order valence-corrected chi connectivity index (χ4v) is 5.79. The number of ether oxygens (including phenoxy) is 1. The van der Waals surface area contributed by atoms with Crippen LogP contribution in [0.25, 0.3) is 22.5 Å². The number of hydrogen-bond acceptors (Lipinski definition) is 10. The quantitative estimate of drug-likeness (QED) is 0.0381. The molecule has 0 fully saturated rings. The molecule has 4 rings (SSSR count). The number of unbranched alkanes of at least 4 members (excludes halogenated alkanes) is 1. The summed E-state index contributed by atoms with van der Waals surface area (Å²) in [5.74, 6) is 0.607. The number of imidazole rings is 1. The molecule has 0 aliphatic carbocycles. The lowest BCUT2D eigenvalue weighted by Gasteiger charge is -2.19. The average Bonchev–Trinajstić information content (AvgIpc) is 3.69. The highest BCUT2D eigenvalue weighted by molar-refractivity contribution is 6.32. The van der Waals surface area contributed by atoms with Gasteiger partial charge in [-0.2, -0.15) is 5.21 Å². The maximum atomic E-state index is 13.9. The predicted octanol–water partition coefficient (Wildman–Crippen LogP) is 6.54. The molecule has 0 saturated carbocycles. The van der Waals surface area contributed by atoms with Crippen LogP contribution < -0.4 is 0 Å². The standard InChI is InChI=1S/C33H40ClN7O6/c1-4-5-11-29-35-32(34)31(28(42)19-24(18-22(2)3)21-46-30(43)12-8-17-47-41(44)45)40(29)20-23-13-15-25(16-14-23)26-9-6-7-10-27(26)33-36-38-39-37-33/h6-7,9-10,13-16,22,24H,4-5,8,11-12,17-21H2,1-3H3,(H,36,37,38,39). The van der Waals surface area contributed by atoms with Crippen molar-refractivity contribution in [2.75, 3.05) is 13.2 Å². The van der Waals surface area contributed by atoms with E-state index in [0.29, 0.717) is 30.9 Å². The van der Waals surface area contributed by atoms with Crippen LogP contribution in [0.4, 0.5) is 0 Å². The summed E-state index contributed by atoms with van der Waals surface area (Å²) in [4.78, 5) is 45.3. The molecule has 47 heavy (non-hydrogen) atoms. The third kappa shape index (κ3) is 10.2. The zero-order chi connectivity index (χ0) is 33.8. The summed E-state index contributed by atoms with van der Waals surface area (Å²) in [7, 11) is 0. The molecule has 250 valence electrons. The first-order valence-corrected chi connectivity index (χ1v) is 16.2. The zero-order valence-electron chi connectivity index (χ0n) is 26.9. The van der Waals surface area contributed by atoms with E-state index in [0.717, 1.165) is 40.9 Å². The number of benzene rings is 2. The van der Waals surface area contributed by atoms with Crippen molar-refractivity contribution in [2.24, 2.45) is 11.8 Å². The molecule has 14 heteroatoms. The lowest BCUT2D eigenvalue weighted by atomic mass is 9.92. The van der Waals surface area contributed by atoms with Crippen LogP contribution in [0, 0.1) is 22.0 Å². The number of ketones is 1. The Morgan fingerprint density at radius 2 is 1.83 bits per heavy atom. The number of esters is 1. The first-order chi connectivity index (χ1) is 22.7. The monoisotopic (exact) mass is 665 g/mol. The van der Waals surface area contributed by atoms with Gasteiger partial charge in [0.1, 0.15) is 11.5 Å². The Morgan fingerprint density at radius 1 is 1.09 bits per heavy atom. The Labute approximate surface area is 278 Å². The van der Waals surface area contributed by atoms with Gasteiger partial charge in [0, 0.05) is 37.3 Å². The fourth-order valence-electron chi connectivity index (χ4n) is 5.48. The number of Topliss-reactive ketones (excluding diaryl/α,β-unsaturated/α-hetero) is 1. The molecule has 2 aromatic carbocycles. The van der Waals surface area contributed by atoms with Gasteiger partial charge in [0.25, 0.3) is 5.09 Å². The Hall–Kier alpha value is -4.65. The summed E-state index contributed by atoms with van der Waals surface area (Å²) in [6.45, 7) is 6.45. The summed E-state index contributed by atoms with van der Waals surface area (Å²) >= 11 is 6.65. The van der Waals surface area contributed by atoms with Gasteiger partial charge in [-0.05, 0) is 47.1 Å². The average molecular weight is 666 g/mol. The Balaban J connectivity index is 1.51. The number of H-pyrrole nitrogens is 1. The smallest absolute Gasteiger partial charge is 0.305 e. The molecule has 0 aliphatic rings. The second-order valence-corrected chi connectivity index (χ2v) is 12.2. The van der Waals surface area contributed by atoms with Crippen molar-refractivity contribution in [2.45, 2.75) is 72.3 Å². The zero-order valence-corrected chi connectivity index (χ0v) is 27.6. The van der Waals surface area contributed by atoms with Crippen LogP contribution in [0.3, 0.4) is 0 Å². The minimum Gasteiger partial charge on any atom is -0.465 e. The number of aryl methyl sites for hydroxylation is 1. The molecule has 1 unspecified atom stereocenters. The number of aromatic amines is 1. The van der Waals surface area contributed by atoms with E-state index in [-0.39, 0.29) is 55.2 Å². The number of rotatable bonds is 19. The second-order valence-electron chi connectivity index (χ2n) is 11.8. The van der Waals surface area contributed by atoms with E-state index in [1.807, 2.05) is 66.9 Å². The van der Waals surface area contributed by atoms with Crippen LogP contribution in [0.2, 0.25) is 5.15 Å². The molecule has 0 bridgehead atoms. The van der Waals surface area contributed by atoms with Gasteiger partial charge < -0.3 is 14.1 Å². The molecule has 0 amide bonds. The molecule has 0 spiro atoms. The van der Waals surface area contributed by atoms with Gasteiger partial charge in [-0.1, -0.05) is 87.3 Å². The van der Waals surface area contributed by atoms with Gasteiger partial charge in [0.15, 0.2) is 10.9 Å². The van der Waals surface area contributed by atoms with Gasteiger partial charge in [0.2, 0.25) is 5.82 Å². The van der Waals surface area contributed by atoms with E-state index in [9.17, 15) is 19.7 Å². The number of halogens is 1. The van der Waals surface area contributed by atoms with Crippen molar-refractivity contribution >= 4 is 23.4 Å². The van der Waals surface area contributed by atoms with Crippen LogP contribution in [-0.4, -0.2) is 60.2 Å². The van der Waals surface area contributed by atoms with Gasteiger partial charge >= 0.3 is 5.97 Å². The van der Waals surface area contributed by atoms with Gasteiger partial charge in [-0.3, -0.25) is 9.59 Å². The molecular weight excluding hydrogens is 626 g/mol. The Morgan fingerprint density at radius 3 is 2.49 bits per heavy atom.